The monoisotopic (exact) mass is 321 g/mol. The first-order chi connectivity index (χ1) is 7.81. The van der Waals surface area contributed by atoms with Crippen molar-refractivity contribution < 1.29 is 9.18 Å². The van der Waals surface area contributed by atoms with Crippen LogP contribution in [0.1, 0.15) is 24.2 Å². The second-order valence-corrected chi connectivity index (χ2v) is 5.53. The van der Waals surface area contributed by atoms with E-state index in [0.717, 1.165) is 0 Å². The molecule has 0 spiro atoms. The first-order valence-corrected chi connectivity index (χ1v) is 6.42. The normalized spacial score (nSPS) is 11.4. The fourth-order valence-electron chi connectivity index (χ4n) is 1.21. The van der Waals surface area contributed by atoms with Gasteiger partial charge in [0.2, 0.25) is 0 Å². The van der Waals surface area contributed by atoms with E-state index in [4.69, 9.17) is 11.6 Å². The highest BCUT2D eigenvalue weighted by Crippen LogP contribution is 2.23. The third kappa shape index (κ3) is 2.99. The molecule has 1 aromatic carbocycles. The quantitative estimate of drug-likeness (QED) is 0.777. The van der Waals surface area contributed by atoms with E-state index in [-0.39, 0.29) is 21.8 Å². The van der Waals surface area contributed by atoms with Crippen LogP contribution in [0.15, 0.2) is 22.7 Å². The summed E-state index contributed by atoms with van der Waals surface area (Å²) in [7, 11) is 1.62. The van der Waals surface area contributed by atoms with Crippen LogP contribution in [0, 0.1) is 5.82 Å². The second-order valence-electron chi connectivity index (χ2n) is 4.41. The van der Waals surface area contributed by atoms with Crippen LogP contribution in [-0.2, 0) is 0 Å². The lowest BCUT2D eigenvalue weighted by atomic mass is 10.0. The maximum atomic E-state index is 13.8. The largest absolute Gasteiger partial charge is 0.335 e. The summed E-state index contributed by atoms with van der Waals surface area (Å²) in [6.45, 7) is 3.65. The van der Waals surface area contributed by atoms with Crippen LogP contribution >= 0.6 is 27.5 Å². The number of amides is 1. The summed E-state index contributed by atoms with van der Waals surface area (Å²) < 4.78 is 14.1. The first kappa shape index (κ1) is 14.5. The van der Waals surface area contributed by atoms with Gasteiger partial charge in [-0.2, -0.15) is 0 Å². The highest BCUT2D eigenvalue weighted by atomic mass is 79.9. The molecule has 0 saturated heterocycles. The van der Waals surface area contributed by atoms with Crippen LogP contribution in [0.4, 0.5) is 4.39 Å². The highest BCUT2D eigenvalue weighted by Gasteiger charge is 2.29. The summed E-state index contributed by atoms with van der Waals surface area (Å²) in [6.07, 6.45) is 0. The van der Waals surface area contributed by atoms with Gasteiger partial charge in [-0.15, -0.1) is 11.6 Å². The Hall–Kier alpha value is -0.610. The fourth-order valence-corrected chi connectivity index (χ4v) is 1.76. The molecule has 0 aliphatic carbocycles. The molecule has 0 fully saturated rings. The Morgan fingerprint density at radius 3 is 2.65 bits per heavy atom. The van der Waals surface area contributed by atoms with E-state index < -0.39 is 11.4 Å². The number of hydrogen-bond acceptors (Lipinski definition) is 1. The van der Waals surface area contributed by atoms with Crippen LogP contribution < -0.4 is 0 Å². The predicted molar refractivity (Wildman–Crippen MR) is 71.0 cm³/mol. The number of carbonyl (C=O) groups is 1. The number of carbonyl (C=O) groups excluding carboxylic acids is 1. The minimum atomic E-state index is -0.547. The average Bonchev–Trinajstić information content (AvgIpc) is 2.30. The summed E-state index contributed by atoms with van der Waals surface area (Å²) in [5, 5.41) is 0. The standard InChI is InChI=1S/C12H14BrClFNO/c1-12(2,7-14)16(3)11(17)8-5-4-6-9(13)10(8)15/h4-6H,7H2,1-3H3. The molecule has 94 valence electrons. The lowest BCUT2D eigenvalue weighted by Crippen LogP contribution is -2.46. The number of hydrogen-bond donors (Lipinski definition) is 0. The molecular weight excluding hydrogens is 308 g/mol. The SMILES string of the molecule is CN(C(=O)c1cccc(Br)c1F)C(C)(C)CCl. The Morgan fingerprint density at radius 1 is 1.53 bits per heavy atom. The number of benzene rings is 1. The summed E-state index contributed by atoms with van der Waals surface area (Å²) in [5.74, 6) is -0.644. The van der Waals surface area contributed by atoms with Gasteiger partial charge in [0.05, 0.1) is 15.6 Å². The molecule has 2 nitrogen and oxygen atoms in total. The molecule has 0 saturated carbocycles. The van der Waals surface area contributed by atoms with E-state index in [1.54, 1.807) is 19.2 Å². The van der Waals surface area contributed by atoms with Crippen molar-refractivity contribution in [3.05, 3.63) is 34.1 Å². The van der Waals surface area contributed by atoms with Crippen molar-refractivity contribution in [3.63, 3.8) is 0 Å². The van der Waals surface area contributed by atoms with E-state index in [1.165, 1.54) is 11.0 Å². The van der Waals surface area contributed by atoms with E-state index >= 15 is 0 Å². The Labute approximate surface area is 114 Å². The molecule has 0 atom stereocenters. The van der Waals surface area contributed by atoms with Gasteiger partial charge >= 0.3 is 0 Å². The van der Waals surface area contributed by atoms with E-state index in [0.29, 0.717) is 0 Å². The lowest BCUT2D eigenvalue weighted by molar-refractivity contribution is 0.0655. The molecule has 0 heterocycles. The molecular formula is C12H14BrClFNO. The maximum Gasteiger partial charge on any atom is 0.257 e. The smallest absolute Gasteiger partial charge is 0.257 e. The third-order valence-electron chi connectivity index (χ3n) is 2.72. The van der Waals surface area contributed by atoms with Crippen LogP contribution in [0.25, 0.3) is 0 Å². The topological polar surface area (TPSA) is 20.3 Å². The van der Waals surface area contributed by atoms with Crippen molar-refractivity contribution in [1.82, 2.24) is 4.90 Å². The molecule has 5 heteroatoms. The van der Waals surface area contributed by atoms with Crippen molar-refractivity contribution in [2.45, 2.75) is 19.4 Å². The van der Waals surface area contributed by atoms with Gasteiger partial charge in [0.15, 0.2) is 0 Å². The molecule has 1 amide bonds. The molecule has 1 aromatic rings. The van der Waals surface area contributed by atoms with Crippen molar-refractivity contribution >= 4 is 33.4 Å². The zero-order chi connectivity index (χ0) is 13.2. The summed E-state index contributed by atoms with van der Waals surface area (Å²) in [6, 6.07) is 4.64. The minimum Gasteiger partial charge on any atom is -0.335 e. The Bertz CT molecular complexity index is 437. The molecule has 0 aliphatic heterocycles. The van der Waals surface area contributed by atoms with Crippen LogP contribution in [0.2, 0.25) is 0 Å². The predicted octanol–water partition coefficient (Wildman–Crippen LogP) is 3.68. The Balaban J connectivity index is 3.09. The number of alkyl halides is 1. The van der Waals surface area contributed by atoms with E-state index in [1.807, 2.05) is 13.8 Å². The second kappa shape index (κ2) is 5.36. The molecule has 0 radical (unpaired) electrons. The molecule has 0 aliphatic rings. The molecule has 0 aromatic heterocycles. The number of halogens is 3. The van der Waals surface area contributed by atoms with Gasteiger partial charge < -0.3 is 4.90 Å². The third-order valence-corrected chi connectivity index (χ3v) is 3.99. The van der Waals surface area contributed by atoms with Crippen molar-refractivity contribution in [2.24, 2.45) is 0 Å². The van der Waals surface area contributed by atoms with Crippen molar-refractivity contribution in [1.29, 1.82) is 0 Å². The molecule has 0 N–H and O–H groups in total. The molecule has 0 bridgehead atoms. The van der Waals surface area contributed by atoms with Gasteiger partial charge in [-0.1, -0.05) is 6.07 Å². The summed E-state index contributed by atoms with van der Waals surface area (Å²) >= 11 is 8.85. The van der Waals surface area contributed by atoms with E-state index in [9.17, 15) is 9.18 Å². The van der Waals surface area contributed by atoms with Gasteiger partial charge in [0.25, 0.3) is 5.91 Å². The van der Waals surface area contributed by atoms with Gasteiger partial charge in [-0.05, 0) is 41.9 Å². The van der Waals surface area contributed by atoms with Gasteiger partial charge in [0, 0.05) is 12.9 Å². The minimum absolute atomic E-state index is 0.0417. The summed E-state index contributed by atoms with van der Waals surface area (Å²) in [4.78, 5) is 13.6. The lowest BCUT2D eigenvalue weighted by Gasteiger charge is -2.34. The average molecular weight is 323 g/mol. The van der Waals surface area contributed by atoms with Crippen molar-refractivity contribution in [3.8, 4) is 0 Å². The fraction of sp³-hybridized carbons (Fsp3) is 0.417. The number of rotatable bonds is 3. The first-order valence-electron chi connectivity index (χ1n) is 5.09. The Kier molecular flexibility index (Phi) is 4.55. The van der Waals surface area contributed by atoms with Gasteiger partial charge in [-0.3, -0.25) is 4.79 Å². The van der Waals surface area contributed by atoms with E-state index in [2.05, 4.69) is 15.9 Å². The molecule has 0 unspecified atom stereocenters. The Morgan fingerprint density at radius 2 is 2.12 bits per heavy atom. The maximum absolute atomic E-state index is 13.8. The van der Waals surface area contributed by atoms with Crippen molar-refractivity contribution in [2.75, 3.05) is 12.9 Å². The zero-order valence-electron chi connectivity index (χ0n) is 9.93. The van der Waals surface area contributed by atoms with Gasteiger partial charge in [0.1, 0.15) is 5.82 Å². The van der Waals surface area contributed by atoms with Crippen LogP contribution in [-0.4, -0.2) is 29.3 Å². The van der Waals surface area contributed by atoms with Gasteiger partial charge in [-0.25, -0.2) is 4.39 Å². The zero-order valence-corrected chi connectivity index (χ0v) is 12.3. The highest BCUT2D eigenvalue weighted by molar-refractivity contribution is 9.10. The van der Waals surface area contributed by atoms with Crippen LogP contribution in [0.3, 0.4) is 0 Å². The molecule has 17 heavy (non-hydrogen) atoms. The van der Waals surface area contributed by atoms with Crippen LogP contribution in [0.5, 0.6) is 0 Å². The number of nitrogens with zero attached hydrogens (tertiary/aromatic N) is 1. The summed E-state index contributed by atoms with van der Waals surface area (Å²) in [5.41, 5.74) is -0.479. The molecule has 1 rings (SSSR count).